The van der Waals surface area contributed by atoms with Crippen LogP contribution in [0.25, 0.3) is 0 Å². The molecule has 0 aromatic heterocycles. The number of carbonyl (C=O) groups excluding carboxylic acids is 1. The van der Waals surface area contributed by atoms with Crippen molar-refractivity contribution in [2.24, 2.45) is 0 Å². The van der Waals surface area contributed by atoms with Gasteiger partial charge in [0, 0.05) is 19.2 Å². The van der Waals surface area contributed by atoms with Crippen molar-refractivity contribution in [2.75, 3.05) is 19.1 Å². The molecule has 4 nitrogen and oxygen atoms in total. The summed E-state index contributed by atoms with van der Waals surface area (Å²) in [5.74, 6) is 0.00687. The summed E-state index contributed by atoms with van der Waals surface area (Å²) in [6.45, 7) is 0.680. The standard InChI is InChI=1S/C23H21F2NO3/c1-28-19-7-3-16(4-8-19)13-26(14-17-5-9-20(29-2)10-6-17)23-12-21(24)18(15-27)11-22(23)25/h3-12,15H,13-14H2,1-2H3. The molecule has 0 aliphatic carbocycles. The minimum absolute atomic E-state index is 0.0831. The van der Waals surface area contributed by atoms with E-state index in [4.69, 9.17) is 9.47 Å². The normalized spacial score (nSPS) is 10.5. The Morgan fingerprint density at radius 1 is 0.793 bits per heavy atom. The minimum atomic E-state index is -0.758. The van der Waals surface area contributed by atoms with Crippen LogP contribution < -0.4 is 14.4 Å². The fourth-order valence-electron chi connectivity index (χ4n) is 3.01. The van der Waals surface area contributed by atoms with Crippen LogP contribution in [0.4, 0.5) is 14.5 Å². The van der Waals surface area contributed by atoms with E-state index < -0.39 is 11.6 Å². The quantitative estimate of drug-likeness (QED) is 0.502. The fraction of sp³-hybridized carbons (Fsp3) is 0.174. The molecule has 0 unspecified atom stereocenters. The van der Waals surface area contributed by atoms with Crippen LogP contribution in [0.1, 0.15) is 21.5 Å². The molecule has 150 valence electrons. The molecule has 3 aromatic rings. The van der Waals surface area contributed by atoms with Crippen molar-refractivity contribution in [1.82, 2.24) is 0 Å². The van der Waals surface area contributed by atoms with Crippen LogP contribution in [0.15, 0.2) is 60.7 Å². The molecule has 0 aliphatic rings. The van der Waals surface area contributed by atoms with E-state index in [1.165, 1.54) is 0 Å². The number of hydrogen-bond acceptors (Lipinski definition) is 4. The van der Waals surface area contributed by atoms with Crippen LogP contribution in [-0.4, -0.2) is 20.5 Å². The Hall–Kier alpha value is -3.41. The Morgan fingerprint density at radius 3 is 1.69 bits per heavy atom. The van der Waals surface area contributed by atoms with Gasteiger partial charge in [0.1, 0.15) is 23.1 Å². The smallest absolute Gasteiger partial charge is 0.153 e. The van der Waals surface area contributed by atoms with Crippen molar-refractivity contribution in [1.29, 1.82) is 0 Å². The molecule has 0 radical (unpaired) electrons. The third-order valence-corrected chi connectivity index (χ3v) is 4.60. The number of aldehydes is 1. The predicted molar refractivity (Wildman–Crippen MR) is 108 cm³/mol. The zero-order valence-electron chi connectivity index (χ0n) is 16.2. The monoisotopic (exact) mass is 397 g/mol. The number of ether oxygens (including phenoxy) is 2. The molecule has 6 heteroatoms. The molecule has 0 N–H and O–H groups in total. The van der Waals surface area contributed by atoms with Gasteiger partial charge in [0.05, 0.1) is 25.5 Å². The lowest BCUT2D eigenvalue weighted by atomic mass is 10.1. The lowest BCUT2D eigenvalue weighted by molar-refractivity contribution is 0.111. The third-order valence-electron chi connectivity index (χ3n) is 4.60. The van der Waals surface area contributed by atoms with Gasteiger partial charge in [-0.25, -0.2) is 8.78 Å². The first kappa shape index (κ1) is 20.3. The number of nitrogens with zero attached hydrogens (tertiary/aromatic N) is 1. The summed E-state index contributed by atoms with van der Waals surface area (Å²) >= 11 is 0. The van der Waals surface area contributed by atoms with E-state index in [1.54, 1.807) is 19.1 Å². The Morgan fingerprint density at radius 2 is 1.28 bits per heavy atom. The van der Waals surface area contributed by atoms with Gasteiger partial charge < -0.3 is 14.4 Å². The molecule has 0 heterocycles. The maximum Gasteiger partial charge on any atom is 0.153 e. The zero-order valence-corrected chi connectivity index (χ0v) is 16.2. The fourth-order valence-corrected chi connectivity index (χ4v) is 3.01. The molecule has 3 aromatic carbocycles. The second kappa shape index (κ2) is 9.19. The van der Waals surface area contributed by atoms with Crippen LogP contribution in [0.5, 0.6) is 11.5 Å². The first-order valence-corrected chi connectivity index (χ1v) is 8.99. The van der Waals surface area contributed by atoms with Gasteiger partial charge in [0.15, 0.2) is 6.29 Å². The van der Waals surface area contributed by atoms with E-state index in [0.29, 0.717) is 30.9 Å². The first-order chi connectivity index (χ1) is 14.0. The van der Waals surface area contributed by atoms with Gasteiger partial charge >= 0.3 is 0 Å². The Labute approximate surface area is 168 Å². The van der Waals surface area contributed by atoms with E-state index in [2.05, 4.69) is 0 Å². The van der Waals surface area contributed by atoms with Crippen LogP contribution in [0.2, 0.25) is 0 Å². The third kappa shape index (κ3) is 4.90. The number of benzene rings is 3. The van der Waals surface area contributed by atoms with Crippen molar-refractivity contribution >= 4 is 12.0 Å². The van der Waals surface area contributed by atoms with Gasteiger partial charge in [-0.15, -0.1) is 0 Å². The maximum absolute atomic E-state index is 14.7. The molecule has 0 saturated carbocycles. The van der Waals surface area contributed by atoms with Gasteiger partial charge in [-0.2, -0.15) is 0 Å². The van der Waals surface area contributed by atoms with Crippen molar-refractivity contribution in [3.63, 3.8) is 0 Å². The topological polar surface area (TPSA) is 38.8 Å². The molecule has 0 fully saturated rings. The average molecular weight is 397 g/mol. The molecule has 0 aliphatic heterocycles. The second-order valence-corrected chi connectivity index (χ2v) is 6.50. The van der Waals surface area contributed by atoms with E-state index in [1.807, 2.05) is 48.5 Å². The van der Waals surface area contributed by atoms with Crippen molar-refractivity contribution in [3.05, 3.63) is 89.0 Å². The lowest BCUT2D eigenvalue weighted by Crippen LogP contribution is -2.23. The Kier molecular flexibility index (Phi) is 6.44. The molecular weight excluding hydrogens is 376 g/mol. The van der Waals surface area contributed by atoms with Gasteiger partial charge in [0.25, 0.3) is 0 Å². The average Bonchev–Trinajstić information content (AvgIpc) is 2.75. The van der Waals surface area contributed by atoms with E-state index >= 15 is 0 Å². The number of methoxy groups -OCH3 is 2. The summed E-state index contributed by atoms with van der Waals surface area (Å²) in [7, 11) is 3.16. The van der Waals surface area contributed by atoms with Gasteiger partial charge in [0.2, 0.25) is 0 Å². The largest absolute Gasteiger partial charge is 0.497 e. The van der Waals surface area contributed by atoms with Gasteiger partial charge in [-0.05, 0) is 41.5 Å². The summed E-state index contributed by atoms with van der Waals surface area (Å²) in [6.07, 6.45) is 0.305. The highest BCUT2D eigenvalue weighted by molar-refractivity contribution is 5.76. The summed E-state index contributed by atoms with van der Waals surface area (Å²) in [5.41, 5.74) is 1.58. The minimum Gasteiger partial charge on any atom is -0.497 e. The Bertz CT molecular complexity index is 923. The van der Waals surface area contributed by atoms with E-state index in [-0.39, 0.29) is 11.3 Å². The number of hydrogen-bond donors (Lipinski definition) is 0. The van der Waals surface area contributed by atoms with Crippen molar-refractivity contribution in [3.8, 4) is 11.5 Å². The van der Waals surface area contributed by atoms with Crippen LogP contribution in [-0.2, 0) is 13.1 Å². The van der Waals surface area contributed by atoms with E-state index in [0.717, 1.165) is 23.3 Å². The number of rotatable bonds is 8. The predicted octanol–water partition coefficient (Wildman–Crippen LogP) is 5.00. The van der Waals surface area contributed by atoms with Gasteiger partial charge in [-0.3, -0.25) is 4.79 Å². The number of anilines is 1. The molecular formula is C23H21F2NO3. The van der Waals surface area contributed by atoms with Crippen LogP contribution >= 0.6 is 0 Å². The second-order valence-electron chi connectivity index (χ2n) is 6.50. The summed E-state index contributed by atoms with van der Waals surface area (Å²) in [5, 5.41) is 0. The lowest BCUT2D eigenvalue weighted by Gasteiger charge is -2.26. The summed E-state index contributed by atoms with van der Waals surface area (Å²) in [4.78, 5) is 12.6. The van der Waals surface area contributed by atoms with E-state index in [9.17, 15) is 13.6 Å². The molecule has 0 spiro atoms. The molecule has 29 heavy (non-hydrogen) atoms. The molecule has 3 rings (SSSR count). The highest BCUT2D eigenvalue weighted by Crippen LogP contribution is 2.27. The summed E-state index contributed by atoms with van der Waals surface area (Å²) < 4.78 is 39.2. The van der Waals surface area contributed by atoms with Crippen molar-refractivity contribution < 1.29 is 23.0 Å². The first-order valence-electron chi connectivity index (χ1n) is 8.99. The SMILES string of the molecule is COc1ccc(CN(Cc2ccc(OC)cc2)c2cc(F)c(C=O)cc2F)cc1. The summed E-state index contributed by atoms with van der Waals surface area (Å²) in [6, 6.07) is 16.7. The molecule has 0 bridgehead atoms. The zero-order chi connectivity index (χ0) is 20.8. The van der Waals surface area contributed by atoms with Gasteiger partial charge in [-0.1, -0.05) is 24.3 Å². The number of carbonyl (C=O) groups is 1. The van der Waals surface area contributed by atoms with Crippen LogP contribution in [0.3, 0.4) is 0 Å². The Balaban J connectivity index is 1.95. The molecule has 0 saturated heterocycles. The number of halogens is 2. The molecule has 0 atom stereocenters. The molecule has 0 amide bonds. The van der Waals surface area contributed by atoms with Crippen LogP contribution in [0, 0.1) is 11.6 Å². The maximum atomic E-state index is 14.7. The van der Waals surface area contributed by atoms with Crippen molar-refractivity contribution in [2.45, 2.75) is 13.1 Å². The highest BCUT2D eigenvalue weighted by atomic mass is 19.1. The highest BCUT2D eigenvalue weighted by Gasteiger charge is 2.17.